The Morgan fingerprint density at radius 3 is 2.65 bits per heavy atom. The number of aldehydes is 1. The first-order chi connectivity index (χ1) is 17.7. The summed E-state index contributed by atoms with van der Waals surface area (Å²) in [5.74, 6) is -2.77. The van der Waals surface area contributed by atoms with Gasteiger partial charge in [0.15, 0.2) is 17.6 Å². The highest BCUT2D eigenvalue weighted by Crippen LogP contribution is 2.34. The van der Waals surface area contributed by atoms with E-state index in [0.717, 1.165) is 15.0 Å². The fraction of sp³-hybridized carbons (Fsp3) is 0.455. The molecule has 0 spiro atoms. The van der Waals surface area contributed by atoms with Crippen molar-refractivity contribution in [3.63, 3.8) is 0 Å². The lowest BCUT2D eigenvalue weighted by Gasteiger charge is -2.43. The minimum Gasteiger partial charge on any atom is -0.481 e. The first-order valence-electron chi connectivity index (χ1n) is 11.5. The van der Waals surface area contributed by atoms with E-state index in [0.29, 0.717) is 17.9 Å². The van der Waals surface area contributed by atoms with Crippen LogP contribution in [-0.4, -0.2) is 93.2 Å². The summed E-state index contributed by atoms with van der Waals surface area (Å²) in [7, 11) is 0. The van der Waals surface area contributed by atoms with Crippen LogP contribution in [0, 0.1) is 0 Å². The second kappa shape index (κ2) is 10.7. The van der Waals surface area contributed by atoms with E-state index in [2.05, 4.69) is 10.7 Å². The number of nitrogens with one attached hydrogen (secondary N) is 2. The molecule has 37 heavy (non-hydrogen) atoms. The van der Waals surface area contributed by atoms with Gasteiger partial charge in [-0.15, -0.1) is 0 Å². The lowest BCUT2D eigenvalue weighted by atomic mass is 10.1. The Balaban J connectivity index is 1.50. The van der Waals surface area contributed by atoms with Gasteiger partial charge < -0.3 is 29.8 Å². The van der Waals surface area contributed by atoms with Gasteiger partial charge in [0.2, 0.25) is 18.6 Å². The van der Waals surface area contributed by atoms with E-state index >= 15 is 0 Å². The Kier molecular flexibility index (Phi) is 7.42. The molecule has 2 fully saturated rings. The number of carboxylic acid groups (broad SMARTS) is 1. The molecule has 198 valence electrons. The number of hydrogen-bond donors (Lipinski definition) is 4. The number of urea groups is 1. The highest BCUT2D eigenvalue weighted by atomic mass is 16.7. The predicted molar refractivity (Wildman–Crippen MR) is 119 cm³/mol. The van der Waals surface area contributed by atoms with Gasteiger partial charge in [-0.25, -0.2) is 19.8 Å². The van der Waals surface area contributed by atoms with Gasteiger partial charge >= 0.3 is 12.0 Å². The van der Waals surface area contributed by atoms with Crippen molar-refractivity contribution in [2.75, 3.05) is 19.9 Å². The quantitative estimate of drug-likeness (QED) is 0.299. The number of aliphatic hydroxyl groups is 1. The standard InChI is InChI=1S/C22H25N5O10/c28-10-13(9-18(30)31)23-20(33)14-2-1-6-26-17(29)5-7-25(22(35)27(14)26)24-21(34)19(32)12-3-4-15-16(8-12)37-11-36-15/h3-4,8,10,13-14,19,32H,1-2,5-7,9,11H2,(H,23,33)(H,24,34)(H,30,31)/t13-,14-,19?/m0/s1. The third-order valence-corrected chi connectivity index (χ3v) is 6.06. The number of carbonyl (C=O) groups excluding carboxylic acids is 5. The average molecular weight is 519 g/mol. The zero-order valence-electron chi connectivity index (χ0n) is 19.5. The van der Waals surface area contributed by atoms with E-state index < -0.39 is 54.3 Å². The number of aliphatic carboxylic acids is 1. The fourth-order valence-electron chi connectivity index (χ4n) is 4.24. The van der Waals surface area contributed by atoms with Gasteiger partial charge in [-0.1, -0.05) is 6.07 Å². The van der Waals surface area contributed by atoms with Crippen LogP contribution in [0.3, 0.4) is 0 Å². The highest BCUT2D eigenvalue weighted by molar-refractivity contribution is 5.93. The van der Waals surface area contributed by atoms with Gasteiger partial charge in [0.05, 0.1) is 19.0 Å². The second-order valence-electron chi connectivity index (χ2n) is 8.54. The number of carboxylic acids is 1. The third-order valence-electron chi connectivity index (χ3n) is 6.06. The molecule has 3 aliphatic rings. The van der Waals surface area contributed by atoms with E-state index in [9.17, 15) is 33.9 Å². The Labute approximate surface area is 209 Å². The number of hydrogen-bond acceptors (Lipinski definition) is 9. The summed E-state index contributed by atoms with van der Waals surface area (Å²) >= 11 is 0. The van der Waals surface area contributed by atoms with Crippen LogP contribution in [0.15, 0.2) is 18.2 Å². The number of benzene rings is 1. The number of rotatable bonds is 8. The molecule has 3 atom stereocenters. The molecular weight excluding hydrogens is 494 g/mol. The normalized spacial score (nSPS) is 20.5. The minimum atomic E-state index is -1.69. The first-order valence-corrected chi connectivity index (χ1v) is 11.5. The number of nitrogens with zero attached hydrogens (tertiary/aromatic N) is 3. The van der Waals surface area contributed by atoms with E-state index in [1.54, 1.807) is 0 Å². The van der Waals surface area contributed by atoms with Crippen molar-refractivity contribution < 1.29 is 48.5 Å². The van der Waals surface area contributed by atoms with Gasteiger partial charge in [0.1, 0.15) is 12.3 Å². The minimum absolute atomic E-state index is 0.00235. The summed E-state index contributed by atoms with van der Waals surface area (Å²) in [6.45, 7) is -0.0842. The molecular formula is C22H25N5O10. The lowest BCUT2D eigenvalue weighted by molar-refractivity contribution is -0.155. The molecule has 1 aromatic carbocycles. The number of ether oxygens (including phenoxy) is 2. The van der Waals surface area contributed by atoms with Gasteiger partial charge in [-0.05, 0) is 30.5 Å². The van der Waals surface area contributed by atoms with Crippen molar-refractivity contribution in [1.82, 2.24) is 25.8 Å². The summed E-state index contributed by atoms with van der Waals surface area (Å²) in [4.78, 5) is 74.0. The molecule has 1 aromatic rings. The molecule has 0 bridgehead atoms. The molecule has 3 heterocycles. The lowest BCUT2D eigenvalue weighted by Crippen LogP contribution is -2.65. The molecule has 0 saturated carbocycles. The number of fused-ring (bicyclic) bond motifs is 2. The van der Waals surface area contributed by atoms with Crippen molar-refractivity contribution in [1.29, 1.82) is 0 Å². The maximum atomic E-state index is 13.4. The molecule has 0 aromatic heterocycles. The summed E-state index contributed by atoms with van der Waals surface area (Å²) in [5, 5.41) is 24.6. The summed E-state index contributed by atoms with van der Waals surface area (Å²) in [6.07, 6.45) is -1.76. The van der Waals surface area contributed by atoms with Crippen molar-refractivity contribution in [3.05, 3.63) is 23.8 Å². The number of amides is 5. The first kappa shape index (κ1) is 25.7. The van der Waals surface area contributed by atoms with Crippen LogP contribution in [0.25, 0.3) is 0 Å². The number of aliphatic hydroxyl groups excluding tert-OH is 1. The van der Waals surface area contributed by atoms with E-state index in [4.69, 9.17) is 14.6 Å². The average Bonchev–Trinajstić information content (AvgIpc) is 3.32. The molecule has 4 N–H and O–H groups in total. The molecule has 0 radical (unpaired) electrons. The molecule has 15 heteroatoms. The second-order valence-corrected chi connectivity index (χ2v) is 8.54. The molecule has 0 aliphatic carbocycles. The Morgan fingerprint density at radius 1 is 1.16 bits per heavy atom. The monoisotopic (exact) mass is 519 g/mol. The van der Waals surface area contributed by atoms with Crippen molar-refractivity contribution in [2.24, 2.45) is 0 Å². The highest BCUT2D eigenvalue weighted by Gasteiger charge is 2.44. The van der Waals surface area contributed by atoms with Crippen LogP contribution < -0.4 is 20.2 Å². The molecule has 2 saturated heterocycles. The fourth-order valence-corrected chi connectivity index (χ4v) is 4.24. The number of carbonyl (C=O) groups is 6. The molecule has 4 rings (SSSR count). The van der Waals surface area contributed by atoms with Crippen LogP contribution in [0.1, 0.15) is 37.4 Å². The third kappa shape index (κ3) is 5.40. The summed E-state index contributed by atoms with van der Waals surface area (Å²) < 4.78 is 10.4. The van der Waals surface area contributed by atoms with Gasteiger partial charge in [-0.2, -0.15) is 0 Å². The smallest absolute Gasteiger partial charge is 0.358 e. The zero-order valence-corrected chi connectivity index (χ0v) is 19.5. The van der Waals surface area contributed by atoms with E-state index in [1.807, 2.05) is 0 Å². The predicted octanol–water partition coefficient (Wildman–Crippen LogP) is -1.33. The van der Waals surface area contributed by atoms with Crippen LogP contribution in [0.2, 0.25) is 0 Å². The molecule has 3 aliphatic heterocycles. The molecule has 15 nitrogen and oxygen atoms in total. The van der Waals surface area contributed by atoms with Crippen LogP contribution in [0.5, 0.6) is 11.5 Å². The summed E-state index contributed by atoms with van der Waals surface area (Å²) in [6, 6.07) is 0.934. The van der Waals surface area contributed by atoms with Crippen molar-refractivity contribution in [3.8, 4) is 11.5 Å². The van der Waals surface area contributed by atoms with Crippen LogP contribution >= 0.6 is 0 Å². The van der Waals surface area contributed by atoms with Gasteiger partial charge in [-0.3, -0.25) is 24.6 Å². The van der Waals surface area contributed by atoms with E-state index in [1.165, 1.54) is 18.2 Å². The largest absolute Gasteiger partial charge is 0.481 e. The Hall–Kier alpha value is -4.40. The van der Waals surface area contributed by atoms with Gasteiger partial charge in [0.25, 0.3) is 5.91 Å². The molecule has 5 amide bonds. The zero-order chi connectivity index (χ0) is 26.7. The van der Waals surface area contributed by atoms with Crippen molar-refractivity contribution >= 4 is 36.0 Å². The summed E-state index contributed by atoms with van der Waals surface area (Å²) in [5.41, 5.74) is 2.48. The van der Waals surface area contributed by atoms with Crippen LogP contribution in [-0.2, 0) is 24.0 Å². The number of hydrazine groups is 2. The van der Waals surface area contributed by atoms with Gasteiger partial charge in [0, 0.05) is 13.0 Å². The van der Waals surface area contributed by atoms with E-state index in [-0.39, 0.29) is 44.6 Å². The Bertz CT molecular complexity index is 1130. The maximum absolute atomic E-state index is 13.4. The van der Waals surface area contributed by atoms with Crippen molar-refractivity contribution in [2.45, 2.75) is 43.9 Å². The SMILES string of the molecule is O=C[C@H](CC(=O)O)NC(=O)[C@@H]1CCCN2C(=O)CCN(NC(=O)C(O)c3ccc4c(c3)OCO4)C(=O)N12. The Morgan fingerprint density at radius 2 is 1.92 bits per heavy atom. The topological polar surface area (TPSA) is 195 Å². The molecule has 1 unspecified atom stereocenters. The maximum Gasteiger partial charge on any atom is 0.358 e. The van der Waals surface area contributed by atoms with Crippen LogP contribution in [0.4, 0.5) is 4.79 Å².